The SMILES string of the molecule is CS(=O)(=O)c1ncc2c(n1)CCCCC2. The molecule has 1 heterocycles. The minimum Gasteiger partial charge on any atom is -0.227 e. The van der Waals surface area contributed by atoms with Gasteiger partial charge in [0, 0.05) is 18.1 Å². The molecule has 5 heteroatoms. The maximum absolute atomic E-state index is 11.3. The Bertz CT molecular complexity index is 468. The zero-order chi connectivity index (χ0) is 10.9. The van der Waals surface area contributed by atoms with Gasteiger partial charge in [-0.05, 0) is 31.2 Å². The van der Waals surface area contributed by atoms with E-state index in [9.17, 15) is 8.42 Å². The van der Waals surface area contributed by atoms with E-state index in [1.165, 1.54) is 6.42 Å². The summed E-state index contributed by atoms with van der Waals surface area (Å²) in [7, 11) is -3.27. The van der Waals surface area contributed by atoms with Crippen LogP contribution in [0.25, 0.3) is 0 Å². The Morgan fingerprint density at radius 3 is 2.67 bits per heavy atom. The molecule has 1 aromatic heterocycles. The van der Waals surface area contributed by atoms with Gasteiger partial charge in [0.2, 0.25) is 15.0 Å². The van der Waals surface area contributed by atoms with Crippen molar-refractivity contribution >= 4 is 9.84 Å². The molecule has 0 atom stereocenters. The highest BCUT2D eigenvalue weighted by atomic mass is 32.2. The molecule has 82 valence electrons. The van der Waals surface area contributed by atoms with E-state index in [0.717, 1.165) is 43.2 Å². The van der Waals surface area contributed by atoms with Gasteiger partial charge < -0.3 is 0 Å². The van der Waals surface area contributed by atoms with Gasteiger partial charge in [-0.15, -0.1) is 0 Å². The van der Waals surface area contributed by atoms with Gasteiger partial charge in [0.25, 0.3) is 0 Å². The minimum atomic E-state index is -3.27. The Morgan fingerprint density at radius 2 is 1.93 bits per heavy atom. The number of hydrogen-bond acceptors (Lipinski definition) is 4. The summed E-state index contributed by atoms with van der Waals surface area (Å²) < 4.78 is 22.6. The molecule has 0 aromatic carbocycles. The Hall–Kier alpha value is -0.970. The first-order chi connectivity index (χ1) is 7.07. The van der Waals surface area contributed by atoms with E-state index in [2.05, 4.69) is 9.97 Å². The van der Waals surface area contributed by atoms with Gasteiger partial charge in [0.15, 0.2) is 0 Å². The van der Waals surface area contributed by atoms with Crippen molar-refractivity contribution in [3.8, 4) is 0 Å². The van der Waals surface area contributed by atoms with Gasteiger partial charge in [-0.3, -0.25) is 0 Å². The second kappa shape index (κ2) is 3.89. The lowest BCUT2D eigenvalue weighted by Crippen LogP contribution is -2.08. The van der Waals surface area contributed by atoms with E-state index < -0.39 is 9.84 Å². The number of aromatic nitrogens is 2. The summed E-state index contributed by atoms with van der Waals surface area (Å²) in [5.74, 6) is 0. The molecule has 0 radical (unpaired) electrons. The van der Waals surface area contributed by atoms with Crippen LogP contribution in [0.15, 0.2) is 11.4 Å². The smallest absolute Gasteiger partial charge is 0.227 e. The monoisotopic (exact) mass is 226 g/mol. The lowest BCUT2D eigenvalue weighted by Gasteiger charge is -2.04. The van der Waals surface area contributed by atoms with Gasteiger partial charge in [-0.2, -0.15) is 0 Å². The molecule has 0 unspecified atom stereocenters. The molecule has 0 saturated carbocycles. The Kier molecular flexibility index (Phi) is 2.73. The molecule has 1 aliphatic carbocycles. The van der Waals surface area contributed by atoms with Crippen molar-refractivity contribution in [1.82, 2.24) is 9.97 Å². The van der Waals surface area contributed by atoms with Crippen LogP contribution in [0.5, 0.6) is 0 Å². The van der Waals surface area contributed by atoms with Crippen molar-refractivity contribution < 1.29 is 8.42 Å². The maximum atomic E-state index is 11.3. The number of fused-ring (bicyclic) bond motifs is 1. The molecule has 0 N–H and O–H groups in total. The molecule has 15 heavy (non-hydrogen) atoms. The van der Waals surface area contributed by atoms with Crippen molar-refractivity contribution in [2.45, 2.75) is 37.3 Å². The Balaban J connectivity index is 2.45. The van der Waals surface area contributed by atoms with Gasteiger partial charge in [-0.25, -0.2) is 18.4 Å². The first kappa shape index (κ1) is 10.5. The molecule has 2 rings (SSSR count). The third-order valence-corrected chi connectivity index (χ3v) is 3.48. The van der Waals surface area contributed by atoms with Crippen molar-refractivity contribution in [2.75, 3.05) is 6.26 Å². The van der Waals surface area contributed by atoms with E-state index in [4.69, 9.17) is 0 Å². The lowest BCUT2D eigenvalue weighted by atomic mass is 10.1. The second-order valence-corrected chi connectivity index (χ2v) is 5.87. The molecular weight excluding hydrogens is 212 g/mol. The number of rotatable bonds is 1. The van der Waals surface area contributed by atoms with Crippen LogP contribution in [0.2, 0.25) is 0 Å². The van der Waals surface area contributed by atoms with Crippen LogP contribution in [0.3, 0.4) is 0 Å². The average molecular weight is 226 g/mol. The van der Waals surface area contributed by atoms with Crippen molar-refractivity contribution in [3.63, 3.8) is 0 Å². The fourth-order valence-electron chi connectivity index (χ4n) is 1.81. The number of nitrogens with zero attached hydrogens (tertiary/aromatic N) is 2. The topological polar surface area (TPSA) is 59.9 Å². The zero-order valence-corrected chi connectivity index (χ0v) is 9.55. The second-order valence-electron chi connectivity index (χ2n) is 3.96. The Labute approximate surface area is 89.7 Å². The summed E-state index contributed by atoms with van der Waals surface area (Å²) in [5.41, 5.74) is 2.03. The molecule has 0 spiro atoms. The zero-order valence-electron chi connectivity index (χ0n) is 8.73. The average Bonchev–Trinajstić information content (AvgIpc) is 2.39. The van der Waals surface area contributed by atoms with Crippen LogP contribution in [0.4, 0.5) is 0 Å². The predicted octanol–water partition coefficient (Wildman–Crippen LogP) is 1.15. The highest BCUT2D eigenvalue weighted by Gasteiger charge is 2.15. The van der Waals surface area contributed by atoms with Crippen LogP contribution in [0, 0.1) is 0 Å². The minimum absolute atomic E-state index is 0.0387. The molecule has 0 saturated heterocycles. The first-order valence-electron chi connectivity index (χ1n) is 5.12. The van der Waals surface area contributed by atoms with Crippen LogP contribution >= 0.6 is 0 Å². The van der Waals surface area contributed by atoms with Crippen molar-refractivity contribution in [1.29, 1.82) is 0 Å². The van der Waals surface area contributed by atoms with E-state index in [-0.39, 0.29) is 5.16 Å². The largest absolute Gasteiger partial charge is 0.246 e. The van der Waals surface area contributed by atoms with Gasteiger partial charge in [0.1, 0.15) is 0 Å². The normalized spacial score (nSPS) is 16.9. The third-order valence-electron chi connectivity index (χ3n) is 2.62. The van der Waals surface area contributed by atoms with Gasteiger partial charge in [0.05, 0.1) is 0 Å². The summed E-state index contributed by atoms with van der Waals surface area (Å²) in [6.07, 6.45) is 8.08. The fraction of sp³-hybridized carbons (Fsp3) is 0.600. The molecule has 0 bridgehead atoms. The highest BCUT2D eigenvalue weighted by Crippen LogP contribution is 2.18. The predicted molar refractivity (Wildman–Crippen MR) is 56.4 cm³/mol. The van der Waals surface area contributed by atoms with E-state index in [0.29, 0.717) is 0 Å². The fourth-order valence-corrected chi connectivity index (χ4v) is 2.33. The highest BCUT2D eigenvalue weighted by molar-refractivity contribution is 7.90. The van der Waals surface area contributed by atoms with Crippen molar-refractivity contribution in [2.24, 2.45) is 0 Å². The summed E-state index contributed by atoms with van der Waals surface area (Å²) in [4.78, 5) is 8.05. The van der Waals surface area contributed by atoms with Crippen LogP contribution in [-0.2, 0) is 22.7 Å². The van der Waals surface area contributed by atoms with Crippen LogP contribution in [0.1, 0.15) is 30.5 Å². The molecule has 0 aliphatic heterocycles. The molecule has 1 aromatic rings. The number of aryl methyl sites for hydroxylation is 2. The van der Waals surface area contributed by atoms with Crippen molar-refractivity contribution in [3.05, 3.63) is 17.5 Å². The standard InChI is InChI=1S/C10H14N2O2S/c1-15(13,14)10-11-7-8-5-3-2-4-6-9(8)12-10/h7H,2-6H2,1H3. The summed E-state index contributed by atoms with van der Waals surface area (Å²) in [6, 6.07) is 0. The van der Waals surface area contributed by atoms with E-state index >= 15 is 0 Å². The molecule has 4 nitrogen and oxygen atoms in total. The molecular formula is C10H14N2O2S. The summed E-state index contributed by atoms with van der Waals surface area (Å²) in [6.45, 7) is 0. The van der Waals surface area contributed by atoms with Crippen LogP contribution < -0.4 is 0 Å². The van der Waals surface area contributed by atoms with E-state index in [1.54, 1.807) is 6.20 Å². The number of sulfone groups is 1. The quantitative estimate of drug-likeness (QED) is 0.532. The third kappa shape index (κ3) is 2.34. The Morgan fingerprint density at radius 1 is 1.20 bits per heavy atom. The lowest BCUT2D eigenvalue weighted by molar-refractivity contribution is 0.591. The first-order valence-corrected chi connectivity index (χ1v) is 7.01. The number of hydrogen-bond donors (Lipinski definition) is 0. The van der Waals surface area contributed by atoms with E-state index in [1.807, 2.05) is 0 Å². The van der Waals surface area contributed by atoms with Gasteiger partial charge >= 0.3 is 0 Å². The molecule has 0 amide bonds. The molecule has 1 aliphatic rings. The van der Waals surface area contributed by atoms with Crippen LogP contribution in [-0.4, -0.2) is 24.6 Å². The van der Waals surface area contributed by atoms with Gasteiger partial charge in [-0.1, -0.05) is 6.42 Å². The maximum Gasteiger partial charge on any atom is 0.246 e. The molecule has 0 fully saturated rings. The summed E-state index contributed by atoms with van der Waals surface area (Å²) >= 11 is 0. The summed E-state index contributed by atoms with van der Waals surface area (Å²) in [5, 5.41) is -0.0387.